The number of benzene rings is 2. The van der Waals surface area contributed by atoms with Crippen molar-refractivity contribution in [3.63, 3.8) is 0 Å². The molecule has 0 aromatic heterocycles. The fourth-order valence-electron chi connectivity index (χ4n) is 3.06. The summed E-state index contributed by atoms with van der Waals surface area (Å²) in [5.41, 5.74) is 1.66. The number of nitrogens with one attached hydrogen (secondary N) is 1. The zero-order valence-electron chi connectivity index (χ0n) is 16.6. The fourth-order valence-corrected chi connectivity index (χ4v) is 4.03. The van der Waals surface area contributed by atoms with E-state index in [4.69, 9.17) is 9.47 Å². The van der Waals surface area contributed by atoms with Gasteiger partial charge in [0.15, 0.2) is 11.5 Å². The molecule has 0 saturated heterocycles. The fraction of sp³-hybridized carbons (Fsp3) is 0.381. The molecule has 2 aromatic rings. The largest absolute Gasteiger partial charge is 0.486 e. The third-order valence-corrected chi connectivity index (χ3v) is 5.78. The lowest BCUT2D eigenvalue weighted by atomic mass is 10.2. The molecule has 156 valence electrons. The molecule has 1 aliphatic heterocycles. The first-order valence-electron chi connectivity index (χ1n) is 9.52. The maximum absolute atomic E-state index is 12.2. The van der Waals surface area contributed by atoms with Gasteiger partial charge in [0.2, 0.25) is 15.9 Å². The predicted molar refractivity (Wildman–Crippen MR) is 112 cm³/mol. The van der Waals surface area contributed by atoms with E-state index in [9.17, 15) is 13.2 Å². The SMILES string of the molecule is Cc1ccc(N(CCCC(=O)NC[C@H]2COc3ccccc3O2)S(C)(=O)=O)cc1. The number of carbonyl (C=O) groups excluding carboxylic acids is 1. The minimum Gasteiger partial charge on any atom is -0.486 e. The molecule has 1 amide bonds. The van der Waals surface area contributed by atoms with Crippen molar-refractivity contribution < 1.29 is 22.7 Å². The molecule has 0 unspecified atom stereocenters. The zero-order valence-corrected chi connectivity index (χ0v) is 17.4. The number of fused-ring (bicyclic) bond motifs is 1. The van der Waals surface area contributed by atoms with Crippen molar-refractivity contribution in [1.29, 1.82) is 0 Å². The molecule has 0 radical (unpaired) electrons. The molecule has 1 heterocycles. The molecule has 0 fully saturated rings. The number of rotatable bonds is 8. The molecule has 29 heavy (non-hydrogen) atoms. The molecule has 7 nitrogen and oxygen atoms in total. The number of aryl methyl sites for hydroxylation is 1. The minimum atomic E-state index is -3.42. The molecule has 2 aromatic carbocycles. The highest BCUT2D eigenvalue weighted by molar-refractivity contribution is 7.92. The molecule has 1 aliphatic rings. The highest BCUT2D eigenvalue weighted by Crippen LogP contribution is 2.30. The molecule has 8 heteroatoms. The van der Waals surface area contributed by atoms with Crippen molar-refractivity contribution >= 4 is 21.6 Å². The van der Waals surface area contributed by atoms with E-state index in [0.29, 0.717) is 36.8 Å². The molecular weight excluding hydrogens is 392 g/mol. The van der Waals surface area contributed by atoms with Crippen LogP contribution in [0.25, 0.3) is 0 Å². The molecule has 0 bridgehead atoms. The molecule has 0 aliphatic carbocycles. The summed E-state index contributed by atoms with van der Waals surface area (Å²) in [7, 11) is -3.42. The Morgan fingerprint density at radius 2 is 1.83 bits per heavy atom. The summed E-state index contributed by atoms with van der Waals surface area (Å²) in [6.07, 6.45) is 1.55. The Bertz CT molecular complexity index is 944. The van der Waals surface area contributed by atoms with Gasteiger partial charge in [-0.25, -0.2) is 8.42 Å². The highest BCUT2D eigenvalue weighted by Gasteiger charge is 2.21. The Hall–Kier alpha value is -2.74. The predicted octanol–water partition coefficient (Wildman–Crippen LogP) is 2.50. The average molecular weight is 419 g/mol. The van der Waals surface area contributed by atoms with Crippen LogP contribution in [0.1, 0.15) is 18.4 Å². The Morgan fingerprint density at radius 1 is 1.14 bits per heavy atom. The first-order valence-corrected chi connectivity index (χ1v) is 11.4. The average Bonchev–Trinajstić information content (AvgIpc) is 2.69. The standard InChI is InChI=1S/C21H26N2O5S/c1-16-9-11-17(12-10-16)23(29(2,25)26)13-5-8-21(24)22-14-18-15-27-19-6-3-4-7-20(19)28-18/h3-4,6-7,9-12,18H,5,8,13-15H2,1-2H3,(H,22,24)/t18-/m0/s1. The van der Waals surface area contributed by atoms with E-state index in [1.165, 1.54) is 10.6 Å². The summed E-state index contributed by atoms with van der Waals surface area (Å²) >= 11 is 0. The van der Waals surface area contributed by atoms with Crippen molar-refractivity contribution in [3.05, 3.63) is 54.1 Å². The van der Waals surface area contributed by atoms with Crippen LogP contribution in [0.15, 0.2) is 48.5 Å². The summed E-state index contributed by atoms with van der Waals surface area (Å²) in [6.45, 7) is 2.89. The minimum absolute atomic E-state index is 0.148. The van der Waals surface area contributed by atoms with E-state index in [1.54, 1.807) is 12.1 Å². The zero-order chi connectivity index (χ0) is 20.9. The number of carbonyl (C=O) groups is 1. The number of nitrogens with zero attached hydrogens (tertiary/aromatic N) is 1. The van der Waals surface area contributed by atoms with Crippen molar-refractivity contribution in [3.8, 4) is 11.5 Å². The van der Waals surface area contributed by atoms with Gasteiger partial charge in [-0.05, 0) is 37.6 Å². The smallest absolute Gasteiger partial charge is 0.232 e. The van der Waals surface area contributed by atoms with E-state index in [-0.39, 0.29) is 25.0 Å². The van der Waals surface area contributed by atoms with Crippen LogP contribution in [-0.2, 0) is 14.8 Å². The summed E-state index contributed by atoms with van der Waals surface area (Å²) in [5, 5.41) is 2.83. The molecule has 0 saturated carbocycles. The highest BCUT2D eigenvalue weighted by atomic mass is 32.2. The van der Waals surface area contributed by atoms with Gasteiger partial charge in [-0.15, -0.1) is 0 Å². The van der Waals surface area contributed by atoms with Crippen LogP contribution in [0, 0.1) is 6.92 Å². The van der Waals surface area contributed by atoms with E-state index in [1.807, 2.05) is 43.3 Å². The molecular formula is C21H26N2O5S. The second kappa shape index (κ2) is 9.17. The Labute approximate surface area is 171 Å². The van der Waals surface area contributed by atoms with E-state index >= 15 is 0 Å². The maximum Gasteiger partial charge on any atom is 0.232 e. The van der Waals surface area contributed by atoms with E-state index in [2.05, 4.69) is 5.32 Å². The van der Waals surface area contributed by atoms with Crippen LogP contribution in [0.2, 0.25) is 0 Å². The number of para-hydroxylation sites is 2. The second-order valence-corrected chi connectivity index (χ2v) is 8.98. The number of sulfonamides is 1. The van der Waals surface area contributed by atoms with Gasteiger partial charge < -0.3 is 14.8 Å². The van der Waals surface area contributed by atoms with Crippen LogP contribution in [-0.4, -0.2) is 46.4 Å². The Morgan fingerprint density at radius 3 is 2.52 bits per heavy atom. The number of amides is 1. The van der Waals surface area contributed by atoms with Crippen molar-refractivity contribution in [1.82, 2.24) is 5.32 Å². The molecule has 0 spiro atoms. The van der Waals surface area contributed by atoms with E-state index in [0.717, 1.165) is 5.56 Å². The van der Waals surface area contributed by atoms with Crippen molar-refractivity contribution in [2.75, 3.05) is 30.3 Å². The Balaban J connectivity index is 1.45. The van der Waals surface area contributed by atoms with Gasteiger partial charge in [0, 0.05) is 13.0 Å². The second-order valence-electron chi connectivity index (χ2n) is 7.08. The molecule has 1 N–H and O–H groups in total. The maximum atomic E-state index is 12.2. The van der Waals surface area contributed by atoms with Crippen LogP contribution in [0.4, 0.5) is 5.69 Å². The van der Waals surface area contributed by atoms with Gasteiger partial charge in [0.05, 0.1) is 18.5 Å². The van der Waals surface area contributed by atoms with Crippen LogP contribution >= 0.6 is 0 Å². The first-order chi connectivity index (χ1) is 13.8. The lowest BCUT2D eigenvalue weighted by Crippen LogP contribution is -2.41. The van der Waals surface area contributed by atoms with Gasteiger partial charge in [0.25, 0.3) is 0 Å². The van der Waals surface area contributed by atoms with Crippen molar-refractivity contribution in [2.45, 2.75) is 25.9 Å². The van der Waals surface area contributed by atoms with E-state index < -0.39 is 10.0 Å². The number of ether oxygens (including phenoxy) is 2. The monoisotopic (exact) mass is 418 g/mol. The van der Waals surface area contributed by atoms with Gasteiger partial charge in [-0.3, -0.25) is 9.10 Å². The lowest BCUT2D eigenvalue weighted by molar-refractivity contribution is -0.121. The van der Waals surface area contributed by atoms with Gasteiger partial charge in [0.1, 0.15) is 12.7 Å². The topological polar surface area (TPSA) is 84.9 Å². The quantitative estimate of drug-likeness (QED) is 0.712. The third-order valence-electron chi connectivity index (χ3n) is 4.58. The van der Waals surface area contributed by atoms with Gasteiger partial charge in [-0.1, -0.05) is 29.8 Å². The number of anilines is 1. The van der Waals surface area contributed by atoms with Crippen LogP contribution in [0.5, 0.6) is 11.5 Å². The summed E-state index contributed by atoms with van der Waals surface area (Å²) in [6, 6.07) is 14.7. The number of hydrogen-bond acceptors (Lipinski definition) is 5. The summed E-state index contributed by atoms with van der Waals surface area (Å²) < 4.78 is 37.0. The molecule has 3 rings (SSSR count). The summed E-state index contributed by atoms with van der Waals surface area (Å²) in [4.78, 5) is 12.2. The lowest BCUT2D eigenvalue weighted by Gasteiger charge is -2.26. The number of hydrogen-bond donors (Lipinski definition) is 1. The first kappa shape index (κ1) is 21.0. The third kappa shape index (κ3) is 5.87. The van der Waals surface area contributed by atoms with Crippen molar-refractivity contribution in [2.24, 2.45) is 0 Å². The normalized spacial score (nSPS) is 15.6. The van der Waals surface area contributed by atoms with Gasteiger partial charge in [-0.2, -0.15) is 0 Å². The van der Waals surface area contributed by atoms with Gasteiger partial charge >= 0.3 is 0 Å². The van der Waals surface area contributed by atoms with Crippen LogP contribution in [0.3, 0.4) is 0 Å². The molecule has 1 atom stereocenters. The van der Waals surface area contributed by atoms with Crippen LogP contribution < -0.4 is 19.1 Å². The summed E-state index contributed by atoms with van der Waals surface area (Å²) in [5.74, 6) is 1.22. The Kier molecular flexibility index (Phi) is 6.64.